The zero-order valence-electron chi connectivity index (χ0n) is 63.2. The molecule has 0 fully saturated rings. The summed E-state index contributed by atoms with van der Waals surface area (Å²) in [5, 5.41) is 10.6. The highest BCUT2D eigenvalue weighted by molar-refractivity contribution is 7.47. The van der Waals surface area contributed by atoms with Crippen molar-refractivity contribution in [2.24, 2.45) is 0 Å². The maximum absolute atomic E-state index is 13.1. The van der Waals surface area contributed by atoms with Crippen LogP contribution in [0.3, 0.4) is 0 Å². The van der Waals surface area contributed by atoms with E-state index in [0.717, 1.165) is 180 Å². The number of hydrogen-bond donors (Lipinski definition) is 3. The SMILES string of the molecule is CC/C=C\C/C=C\C/C=C\C/C=C\C/C=C\CC(=O)OC(COC(=O)CCCCCC/C=C\C/C=C\C/C=C\C/C=C\CC)COP(=O)(O)OCC(O)COP(=O)(O)OCC(COC(=O)CCCCCCCCC/C=C\C/C=C\C/C=C\CC)OC(=O)CCCCCCC/C=C\CCCCCC. The molecule has 3 N–H and O–H groups in total. The number of hydrogen-bond acceptors (Lipinski definition) is 15. The average molecular weight is 1470 g/mol. The Labute approximate surface area is 617 Å². The Hall–Kier alpha value is -5.32. The van der Waals surface area contributed by atoms with E-state index in [2.05, 4.69) is 161 Å². The summed E-state index contributed by atoms with van der Waals surface area (Å²) in [6, 6.07) is 0. The maximum Gasteiger partial charge on any atom is 0.472 e. The number of aliphatic hydroxyl groups excluding tert-OH is 1. The first-order chi connectivity index (χ1) is 49.7. The van der Waals surface area contributed by atoms with Crippen molar-refractivity contribution in [3.8, 4) is 0 Å². The van der Waals surface area contributed by atoms with Crippen molar-refractivity contribution in [3.63, 3.8) is 0 Å². The summed E-state index contributed by atoms with van der Waals surface area (Å²) in [7, 11) is -10.0. The zero-order valence-corrected chi connectivity index (χ0v) is 65.0. The van der Waals surface area contributed by atoms with Gasteiger partial charge in [-0.15, -0.1) is 0 Å². The summed E-state index contributed by atoms with van der Waals surface area (Å²) in [5.41, 5.74) is 0. The molecular formula is C83H136O17P2. The minimum absolute atomic E-state index is 0.0755. The number of unbranched alkanes of at least 4 members (excludes halogenated alkanes) is 20. The maximum atomic E-state index is 13.1. The molecule has 0 aliphatic carbocycles. The van der Waals surface area contributed by atoms with Crippen molar-refractivity contribution in [2.75, 3.05) is 39.6 Å². The first-order valence-electron chi connectivity index (χ1n) is 38.7. The van der Waals surface area contributed by atoms with Gasteiger partial charge in [-0.25, -0.2) is 9.13 Å². The molecule has 0 saturated heterocycles. The molecule has 0 saturated carbocycles. The Morgan fingerprint density at radius 1 is 0.294 bits per heavy atom. The zero-order chi connectivity index (χ0) is 74.6. The number of carbonyl (C=O) groups excluding carboxylic acids is 4. The van der Waals surface area contributed by atoms with Crippen molar-refractivity contribution in [1.82, 2.24) is 0 Å². The van der Waals surface area contributed by atoms with Crippen LogP contribution in [0.5, 0.6) is 0 Å². The second-order valence-corrected chi connectivity index (χ2v) is 28.1. The molecule has 0 heterocycles. The van der Waals surface area contributed by atoms with E-state index in [-0.39, 0.29) is 25.7 Å². The lowest BCUT2D eigenvalue weighted by Gasteiger charge is -2.21. The highest BCUT2D eigenvalue weighted by Gasteiger charge is 2.30. The number of carbonyl (C=O) groups is 4. The topological polar surface area (TPSA) is 237 Å². The number of phosphoric ester groups is 2. The molecule has 0 aromatic carbocycles. The molecule has 5 unspecified atom stereocenters. The number of allylic oxidation sites excluding steroid dienone is 25. The lowest BCUT2D eigenvalue weighted by Crippen LogP contribution is -2.30. The summed E-state index contributed by atoms with van der Waals surface area (Å²) in [6.45, 7) is 4.34. The van der Waals surface area contributed by atoms with E-state index in [0.29, 0.717) is 25.7 Å². The summed E-state index contributed by atoms with van der Waals surface area (Å²) >= 11 is 0. The number of phosphoric acid groups is 2. The standard InChI is InChI=1S/C83H136O17P2/c1-5-9-13-17-21-25-29-33-36-38-41-44-47-51-55-59-63-67-80(85)93-73-78(99-82(87)69-65-61-57-53-49-43-32-28-24-20-16-12-8-4)75-97-101(89,90)95-71-77(84)72-96-102(91,92)98-76-79(100-83(88)70-66-62-58-54-50-46-40-35-31-27-23-19-15-11-7-3)74-94-81(86)68-64-60-56-52-48-45-42-39-37-34-30-26-22-18-14-10-6-2/h9-11,13-15,21-23,25-28,32-37,40,42,45,50,54,62,66,77-79,84H,5-8,12,16-20,24,29-31,38-39,41,43-44,46-49,51-53,55-61,63-65,67-76H2,1-4H3,(H,89,90)(H,91,92)/b13-9-,14-10-,15-11-,25-21-,26-22-,27-23-,32-28-,36-33-,37-34-,40-35-,45-42-,54-50-,66-62-. The molecule has 102 heavy (non-hydrogen) atoms. The molecule has 0 bridgehead atoms. The third kappa shape index (κ3) is 73.0. The lowest BCUT2D eigenvalue weighted by molar-refractivity contribution is -0.161. The van der Waals surface area contributed by atoms with E-state index in [1.165, 1.54) is 25.7 Å². The van der Waals surface area contributed by atoms with Crippen molar-refractivity contribution >= 4 is 39.5 Å². The van der Waals surface area contributed by atoms with Crippen LogP contribution in [0.15, 0.2) is 158 Å². The van der Waals surface area contributed by atoms with Crippen LogP contribution in [0.4, 0.5) is 0 Å². The molecule has 0 radical (unpaired) electrons. The molecule has 0 aliphatic rings. The van der Waals surface area contributed by atoms with Gasteiger partial charge in [-0.1, -0.05) is 269 Å². The molecule has 0 amide bonds. The Balaban J connectivity index is 5.45. The van der Waals surface area contributed by atoms with Gasteiger partial charge in [-0.2, -0.15) is 0 Å². The first kappa shape index (κ1) is 96.7. The van der Waals surface area contributed by atoms with Crippen LogP contribution >= 0.6 is 15.6 Å². The molecule has 17 nitrogen and oxygen atoms in total. The minimum Gasteiger partial charge on any atom is -0.462 e. The van der Waals surface area contributed by atoms with E-state index < -0.39 is 97.5 Å². The number of ether oxygens (including phenoxy) is 4. The molecule has 0 rings (SSSR count). The van der Waals surface area contributed by atoms with Crippen molar-refractivity contribution < 1.29 is 80.2 Å². The van der Waals surface area contributed by atoms with Gasteiger partial charge in [-0.3, -0.25) is 37.3 Å². The molecular weight excluding hydrogens is 1330 g/mol. The van der Waals surface area contributed by atoms with Crippen LogP contribution in [0.25, 0.3) is 0 Å². The van der Waals surface area contributed by atoms with Gasteiger partial charge in [0.25, 0.3) is 0 Å². The minimum atomic E-state index is -5.01. The summed E-state index contributed by atoms with van der Waals surface area (Å²) in [4.78, 5) is 72.9. The first-order valence-corrected chi connectivity index (χ1v) is 41.7. The van der Waals surface area contributed by atoms with Crippen LogP contribution in [0.1, 0.15) is 285 Å². The average Bonchev–Trinajstić information content (AvgIpc) is 0.907. The Morgan fingerprint density at radius 3 is 0.882 bits per heavy atom. The Morgan fingerprint density at radius 2 is 0.549 bits per heavy atom. The predicted molar refractivity (Wildman–Crippen MR) is 417 cm³/mol. The van der Waals surface area contributed by atoms with Gasteiger partial charge in [0, 0.05) is 19.3 Å². The van der Waals surface area contributed by atoms with E-state index in [1.807, 2.05) is 12.2 Å². The van der Waals surface area contributed by atoms with Gasteiger partial charge in [0.1, 0.15) is 19.3 Å². The van der Waals surface area contributed by atoms with Crippen molar-refractivity contribution in [2.45, 2.75) is 303 Å². The van der Waals surface area contributed by atoms with Gasteiger partial charge < -0.3 is 33.8 Å². The van der Waals surface area contributed by atoms with E-state index in [1.54, 1.807) is 12.2 Å². The largest absolute Gasteiger partial charge is 0.472 e. The van der Waals surface area contributed by atoms with Crippen LogP contribution in [-0.2, 0) is 65.4 Å². The van der Waals surface area contributed by atoms with Crippen LogP contribution < -0.4 is 0 Å². The Bertz CT molecular complexity index is 2550. The quantitative estimate of drug-likeness (QED) is 0.0169. The smallest absolute Gasteiger partial charge is 0.462 e. The van der Waals surface area contributed by atoms with Crippen molar-refractivity contribution in [1.29, 1.82) is 0 Å². The van der Waals surface area contributed by atoms with Crippen molar-refractivity contribution in [3.05, 3.63) is 158 Å². The van der Waals surface area contributed by atoms with Gasteiger partial charge in [-0.05, 0) is 148 Å². The summed E-state index contributed by atoms with van der Waals surface area (Å²) in [5.74, 6) is -2.38. The number of aliphatic hydroxyl groups is 1. The lowest BCUT2D eigenvalue weighted by atomic mass is 10.1. The molecule has 0 aliphatic heterocycles. The van der Waals surface area contributed by atoms with E-state index in [9.17, 15) is 43.2 Å². The van der Waals surface area contributed by atoms with Gasteiger partial charge in [0.05, 0.1) is 32.8 Å². The van der Waals surface area contributed by atoms with Gasteiger partial charge >= 0.3 is 39.5 Å². The fraction of sp³-hybridized carbons (Fsp3) is 0.639. The van der Waals surface area contributed by atoms with Gasteiger partial charge in [0.15, 0.2) is 12.2 Å². The molecule has 5 atom stereocenters. The molecule has 19 heteroatoms. The van der Waals surface area contributed by atoms with Crippen LogP contribution in [0.2, 0.25) is 0 Å². The fourth-order valence-corrected chi connectivity index (χ4v) is 11.3. The second-order valence-electron chi connectivity index (χ2n) is 25.2. The second kappa shape index (κ2) is 74.0. The van der Waals surface area contributed by atoms with Crippen LogP contribution in [-0.4, -0.2) is 96.7 Å². The molecule has 580 valence electrons. The van der Waals surface area contributed by atoms with Crippen LogP contribution in [0, 0.1) is 0 Å². The number of esters is 4. The normalized spacial score (nSPS) is 14.8. The Kier molecular flexibility index (Phi) is 70.1. The molecule has 0 aromatic heterocycles. The molecule has 0 spiro atoms. The predicted octanol–water partition coefficient (Wildman–Crippen LogP) is 22.4. The highest BCUT2D eigenvalue weighted by atomic mass is 31.2. The fourth-order valence-electron chi connectivity index (χ4n) is 9.71. The van der Waals surface area contributed by atoms with E-state index in [4.69, 9.17) is 37.0 Å². The third-order valence-electron chi connectivity index (χ3n) is 15.5. The monoisotopic (exact) mass is 1470 g/mol. The summed E-state index contributed by atoms with van der Waals surface area (Å²) in [6.07, 6.45) is 85.5. The van der Waals surface area contributed by atoms with Gasteiger partial charge in [0.2, 0.25) is 0 Å². The summed E-state index contributed by atoms with van der Waals surface area (Å²) < 4.78 is 68.4. The van der Waals surface area contributed by atoms with E-state index >= 15 is 0 Å². The number of rotatable bonds is 71. The molecule has 0 aromatic rings. The third-order valence-corrected chi connectivity index (χ3v) is 17.4. The highest BCUT2D eigenvalue weighted by Crippen LogP contribution is 2.45.